The zero-order valence-corrected chi connectivity index (χ0v) is 16.7. The number of carbonyl (C=O) groups excluding carboxylic acids is 1. The lowest BCUT2D eigenvalue weighted by Crippen LogP contribution is -2.48. The average Bonchev–Trinajstić information content (AvgIpc) is 2.85. The van der Waals surface area contributed by atoms with Gasteiger partial charge in [-0.1, -0.05) is 48.0 Å². The maximum absolute atomic E-state index is 12.9. The number of hydrogen-bond acceptors (Lipinski definition) is 4. The molecule has 1 aliphatic rings. The van der Waals surface area contributed by atoms with Crippen LogP contribution < -0.4 is 14.9 Å². The van der Waals surface area contributed by atoms with Crippen molar-refractivity contribution in [2.45, 2.75) is 17.9 Å². The number of aryl methyl sites for hydroxylation is 1. The second-order valence-electron chi connectivity index (χ2n) is 6.94. The Balaban J connectivity index is 1.70. The van der Waals surface area contributed by atoms with Gasteiger partial charge in [0.15, 0.2) is 0 Å². The number of sulfonamides is 1. The van der Waals surface area contributed by atoms with Gasteiger partial charge in [0.05, 0.1) is 16.3 Å². The maximum atomic E-state index is 12.9. The highest BCUT2D eigenvalue weighted by Gasteiger charge is 2.32. The molecule has 1 atom stereocenters. The minimum absolute atomic E-state index is 0.129. The van der Waals surface area contributed by atoms with Gasteiger partial charge in [0.25, 0.3) is 0 Å². The van der Waals surface area contributed by atoms with Crippen molar-refractivity contribution in [2.75, 3.05) is 16.8 Å². The van der Waals surface area contributed by atoms with Crippen LogP contribution in [0, 0.1) is 6.92 Å². The van der Waals surface area contributed by atoms with Crippen LogP contribution >= 0.6 is 0 Å². The fraction of sp³-hybridized carbons (Fsp3) is 0.136. The summed E-state index contributed by atoms with van der Waals surface area (Å²) in [6.45, 7) is 2.05. The van der Waals surface area contributed by atoms with Crippen LogP contribution in [0.4, 0.5) is 17.1 Å². The van der Waals surface area contributed by atoms with Crippen molar-refractivity contribution in [3.05, 3.63) is 84.4 Å². The smallest absolute Gasteiger partial charge is 0.244 e. The molecule has 0 saturated heterocycles. The lowest BCUT2D eigenvalue weighted by atomic mass is 10.2. The first-order chi connectivity index (χ1) is 13.9. The Kier molecular flexibility index (Phi) is 5.08. The van der Waals surface area contributed by atoms with Gasteiger partial charge >= 0.3 is 0 Å². The highest BCUT2D eigenvalue weighted by molar-refractivity contribution is 7.89. The Morgan fingerprint density at radius 3 is 2.31 bits per heavy atom. The van der Waals surface area contributed by atoms with Gasteiger partial charge in [-0.25, -0.2) is 8.42 Å². The summed E-state index contributed by atoms with van der Waals surface area (Å²) in [4.78, 5) is 14.9. The number of carbonyl (C=O) groups is 1. The van der Waals surface area contributed by atoms with Crippen molar-refractivity contribution in [3.8, 4) is 0 Å². The molecule has 3 aromatic rings. The monoisotopic (exact) mass is 407 g/mol. The van der Waals surface area contributed by atoms with E-state index < -0.39 is 22.0 Å². The summed E-state index contributed by atoms with van der Waals surface area (Å²) in [5.74, 6) is -0.397. The van der Waals surface area contributed by atoms with Gasteiger partial charge in [-0.2, -0.15) is 4.72 Å². The van der Waals surface area contributed by atoms with E-state index in [1.807, 2.05) is 60.4 Å². The molecule has 3 aromatic carbocycles. The van der Waals surface area contributed by atoms with Crippen LogP contribution in [0.3, 0.4) is 0 Å². The fourth-order valence-electron chi connectivity index (χ4n) is 3.31. The first-order valence-electron chi connectivity index (χ1n) is 9.25. The van der Waals surface area contributed by atoms with Crippen LogP contribution in [0.1, 0.15) is 5.56 Å². The molecule has 0 aliphatic carbocycles. The number of hydrogen-bond donors (Lipinski definition) is 2. The quantitative estimate of drug-likeness (QED) is 0.695. The first-order valence-corrected chi connectivity index (χ1v) is 10.7. The van der Waals surface area contributed by atoms with Crippen molar-refractivity contribution in [1.29, 1.82) is 0 Å². The summed E-state index contributed by atoms with van der Waals surface area (Å²) in [7, 11) is -3.86. The van der Waals surface area contributed by atoms with Crippen LogP contribution in [0.15, 0.2) is 83.8 Å². The zero-order valence-electron chi connectivity index (χ0n) is 15.9. The van der Waals surface area contributed by atoms with Crippen LogP contribution in [-0.2, 0) is 14.8 Å². The van der Waals surface area contributed by atoms with E-state index in [1.54, 1.807) is 18.2 Å². The fourth-order valence-corrected chi connectivity index (χ4v) is 4.50. The molecular formula is C22H21N3O3S. The van der Waals surface area contributed by atoms with Gasteiger partial charge in [-0.05, 0) is 43.3 Å². The molecule has 2 N–H and O–H groups in total. The number of nitrogens with zero attached hydrogens (tertiary/aromatic N) is 1. The molecule has 4 rings (SSSR count). The summed E-state index contributed by atoms with van der Waals surface area (Å²) in [5, 5.41) is 2.85. The van der Waals surface area contributed by atoms with Crippen molar-refractivity contribution < 1.29 is 13.2 Å². The Morgan fingerprint density at radius 2 is 1.59 bits per heavy atom. The van der Waals surface area contributed by atoms with Crippen molar-refractivity contribution >= 4 is 33.0 Å². The van der Waals surface area contributed by atoms with E-state index in [9.17, 15) is 13.2 Å². The Morgan fingerprint density at radius 1 is 0.931 bits per heavy atom. The third kappa shape index (κ3) is 4.01. The van der Waals surface area contributed by atoms with Crippen molar-refractivity contribution in [2.24, 2.45) is 0 Å². The van der Waals surface area contributed by atoms with Gasteiger partial charge in [-0.3, -0.25) is 4.79 Å². The molecule has 0 bridgehead atoms. The molecule has 0 aromatic heterocycles. The van der Waals surface area contributed by atoms with Crippen LogP contribution in [0.5, 0.6) is 0 Å². The van der Waals surface area contributed by atoms with E-state index in [0.717, 1.165) is 16.9 Å². The minimum Gasteiger partial charge on any atom is -0.338 e. The van der Waals surface area contributed by atoms with Crippen LogP contribution in [0.2, 0.25) is 0 Å². The predicted molar refractivity (Wildman–Crippen MR) is 114 cm³/mol. The van der Waals surface area contributed by atoms with E-state index in [0.29, 0.717) is 5.69 Å². The van der Waals surface area contributed by atoms with Gasteiger partial charge < -0.3 is 10.2 Å². The molecule has 0 fully saturated rings. The van der Waals surface area contributed by atoms with Gasteiger partial charge in [0.2, 0.25) is 15.9 Å². The van der Waals surface area contributed by atoms with Crippen molar-refractivity contribution in [3.63, 3.8) is 0 Å². The summed E-state index contributed by atoms with van der Waals surface area (Å²) in [6.07, 6.45) is 0. The molecular weight excluding hydrogens is 386 g/mol. The summed E-state index contributed by atoms with van der Waals surface area (Å²) < 4.78 is 28.3. The lowest BCUT2D eigenvalue weighted by Gasteiger charge is -2.27. The molecule has 6 nitrogen and oxygen atoms in total. The number of rotatable bonds is 4. The highest BCUT2D eigenvalue weighted by atomic mass is 32.2. The van der Waals surface area contributed by atoms with E-state index in [1.165, 1.54) is 12.1 Å². The van der Waals surface area contributed by atoms with Crippen LogP contribution in [0.25, 0.3) is 0 Å². The summed E-state index contributed by atoms with van der Waals surface area (Å²) in [5.41, 5.74) is 3.28. The standard InChI is InChI=1S/C22H21N3O3S/c1-16-11-13-18(14-12-16)29(27,28)24-20-15-25(17-7-3-2-4-8-17)21-10-6-5-9-19(21)23-22(20)26/h2-14,20,24H,15H2,1H3,(H,23,26). The van der Waals surface area contributed by atoms with E-state index in [-0.39, 0.29) is 11.4 Å². The van der Waals surface area contributed by atoms with E-state index in [2.05, 4.69) is 10.0 Å². The number of fused-ring (bicyclic) bond motifs is 1. The Labute approximate surface area is 170 Å². The molecule has 0 radical (unpaired) electrons. The molecule has 29 heavy (non-hydrogen) atoms. The zero-order chi connectivity index (χ0) is 20.4. The lowest BCUT2D eigenvalue weighted by molar-refractivity contribution is -0.117. The summed E-state index contributed by atoms with van der Waals surface area (Å²) in [6, 6.07) is 22.6. The Bertz CT molecular complexity index is 1130. The highest BCUT2D eigenvalue weighted by Crippen LogP contribution is 2.34. The Hall–Kier alpha value is -3.16. The minimum atomic E-state index is -3.86. The van der Waals surface area contributed by atoms with Gasteiger partial charge in [-0.15, -0.1) is 0 Å². The van der Waals surface area contributed by atoms with Gasteiger partial charge in [0, 0.05) is 12.2 Å². The predicted octanol–water partition coefficient (Wildman–Crippen LogP) is 3.43. The first kappa shape index (κ1) is 19.2. The molecule has 0 spiro atoms. The molecule has 1 heterocycles. The average molecular weight is 407 g/mol. The number of para-hydroxylation sites is 3. The largest absolute Gasteiger partial charge is 0.338 e. The molecule has 1 aliphatic heterocycles. The van der Waals surface area contributed by atoms with E-state index in [4.69, 9.17) is 0 Å². The third-order valence-corrected chi connectivity index (χ3v) is 6.32. The number of anilines is 3. The molecule has 7 heteroatoms. The van der Waals surface area contributed by atoms with Crippen LogP contribution in [-0.4, -0.2) is 26.9 Å². The SMILES string of the molecule is Cc1ccc(S(=O)(=O)NC2CN(c3ccccc3)c3ccccc3NC2=O)cc1. The normalized spacial score (nSPS) is 16.7. The number of amides is 1. The number of benzene rings is 3. The second-order valence-corrected chi connectivity index (χ2v) is 8.65. The third-order valence-electron chi connectivity index (χ3n) is 4.83. The van der Waals surface area contributed by atoms with E-state index >= 15 is 0 Å². The topological polar surface area (TPSA) is 78.5 Å². The van der Waals surface area contributed by atoms with Crippen molar-refractivity contribution in [1.82, 2.24) is 4.72 Å². The second kappa shape index (κ2) is 7.69. The molecule has 1 amide bonds. The molecule has 1 unspecified atom stereocenters. The molecule has 0 saturated carbocycles. The number of nitrogens with one attached hydrogen (secondary N) is 2. The molecule has 148 valence electrons. The maximum Gasteiger partial charge on any atom is 0.244 e. The summed E-state index contributed by atoms with van der Waals surface area (Å²) >= 11 is 0. The van der Waals surface area contributed by atoms with Gasteiger partial charge in [0.1, 0.15) is 6.04 Å².